The fourth-order valence-electron chi connectivity index (χ4n) is 1.92. The van der Waals surface area contributed by atoms with Crippen molar-refractivity contribution in [1.29, 1.82) is 0 Å². The molecule has 0 aliphatic carbocycles. The molecule has 100 valence electrons. The van der Waals surface area contributed by atoms with Gasteiger partial charge in [0, 0.05) is 14.6 Å². The van der Waals surface area contributed by atoms with Crippen molar-refractivity contribution in [1.82, 2.24) is 0 Å². The molecule has 0 saturated heterocycles. The summed E-state index contributed by atoms with van der Waals surface area (Å²) in [5.41, 5.74) is 9.48. The van der Waals surface area contributed by atoms with E-state index in [2.05, 4.69) is 28.7 Å². The van der Waals surface area contributed by atoms with E-state index >= 15 is 0 Å². The second-order valence-corrected chi connectivity index (χ2v) is 6.56. The zero-order chi connectivity index (χ0) is 14.0. The molecule has 0 bridgehead atoms. The molecule has 1 atom stereocenters. The van der Waals surface area contributed by atoms with Gasteiger partial charge in [-0.3, -0.25) is 0 Å². The van der Waals surface area contributed by atoms with Crippen molar-refractivity contribution in [3.63, 3.8) is 0 Å². The minimum Gasteiger partial charge on any atom is -0.324 e. The van der Waals surface area contributed by atoms with E-state index in [0.29, 0.717) is 6.42 Å². The molecule has 2 rings (SSSR count). The number of hydrogen-bond acceptors (Lipinski definition) is 1. The van der Waals surface area contributed by atoms with Crippen LogP contribution in [0.1, 0.15) is 22.7 Å². The summed E-state index contributed by atoms with van der Waals surface area (Å²) in [6, 6.07) is 11.9. The van der Waals surface area contributed by atoms with Gasteiger partial charge >= 0.3 is 0 Å². The fraction of sp³-hybridized carbons (Fsp3) is 0.200. The highest BCUT2D eigenvalue weighted by atomic mass is 127. The summed E-state index contributed by atoms with van der Waals surface area (Å²) in [5, 5.41) is 1.51. The van der Waals surface area contributed by atoms with Crippen LogP contribution in [0.2, 0.25) is 10.0 Å². The summed E-state index contributed by atoms with van der Waals surface area (Å²) < 4.78 is 1.03. The first-order chi connectivity index (χ1) is 8.97. The average Bonchev–Trinajstić information content (AvgIpc) is 2.36. The highest BCUT2D eigenvalue weighted by molar-refractivity contribution is 14.1. The van der Waals surface area contributed by atoms with E-state index in [0.717, 1.165) is 30.3 Å². The Kier molecular flexibility index (Phi) is 5.12. The quantitative estimate of drug-likeness (QED) is 0.702. The predicted molar refractivity (Wildman–Crippen MR) is 91.0 cm³/mol. The van der Waals surface area contributed by atoms with Crippen molar-refractivity contribution in [2.24, 2.45) is 5.73 Å². The highest BCUT2D eigenvalue weighted by Crippen LogP contribution is 2.26. The second-order valence-electron chi connectivity index (χ2n) is 4.58. The highest BCUT2D eigenvalue weighted by Gasteiger charge is 2.11. The van der Waals surface area contributed by atoms with Gasteiger partial charge in [-0.05, 0) is 70.8 Å². The van der Waals surface area contributed by atoms with Gasteiger partial charge in [0.2, 0.25) is 0 Å². The molecule has 1 unspecified atom stereocenters. The van der Waals surface area contributed by atoms with Crippen LogP contribution >= 0.6 is 45.8 Å². The monoisotopic (exact) mass is 405 g/mol. The zero-order valence-electron chi connectivity index (χ0n) is 10.5. The summed E-state index contributed by atoms with van der Waals surface area (Å²) >= 11 is 14.6. The van der Waals surface area contributed by atoms with Crippen LogP contribution in [-0.2, 0) is 6.42 Å². The maximum Gasteiger partial charge on any atom is 0.0542 e. The average molecular weight is 406 g/mol. The van der Waals surface area contributed by atoms with Gasteiger partial charge in [-0.2, -0.15) is 0 Å². The molecule has 0 aliphatic rings. The Labute approximate surface area is 137 Å². The number of rotatable bonds is 3. The summed E-state index contributed by atoms with van der Waals surface area (Å²) in [6.07, 6.45) is 0.704. The number of aryl methyl sites for hydroxylation is 1. The van der Waals surface area contributed by atoms with Crippen molar-refractivity contribution >= 4 is 45.8 Å². The molecule has 0 aliphatic heterocycles. The lowest BCUT2D eigenvalue weighted by Crippen LogP contribution is -2.13. The Hall–Kier alpha value is -0.290. The SMILES string of the molecule is Cc1ccc(CC(N)c2ccc(I)c(Cl)c2)c(Cl)c1. The van der Waals surface area contributed by atoms with Crippen LogP contribution in [-0.4, -0.2) is 0 Å². The zero-order valence-corrected chi connectivity index (χ0v) is 14.1. The predicted octanol–water partition coefficient (Wildman–Crippen LogP) is 5.15. The molecule has 0 saturated carbocycles. The van der Waals surface area contributed by atoms with Crippen molar-refractivity contribution in [3.8, 4) is 0 Å². The van der Waals surface area contributed by atoms with E-state index in [1.165, 1.54) is 0 Å². The number of benzene rings is 2. The van der Waals surface area contributed by atoms with Gasteiger partial charge in [-0.15, -0.1) is 0 Å². The van der Waals surface area contributed by atoms with Crippen LogP contribution in [0.5, 0.6) is 0 Å². The van der Waals surface area contributed by atoms with Crippen LogP contribution in [0, 0.1) is 10.5 Å². The molecule has 2 aromatic rings. The normalized spacial score (nSPS) is 12.5. The Bertz CT molecular complexity index is 599. The molecule has 4 heteroatoms. The van der Waals surface area contributed by atoms with Crippen molar-refractivity contribution in [3.05, 3.63) is 66.7 Å². The van der Waals surface area contributed by atoms with Crippen LogP contribution in [0.4, 0.5) is 0 Å². The van der Waals surface area contributed by atoms with Gasteiger partial charge in [0.15, 0.2) is 0 Å². The van der Waals surface area contributed by atoms with E-state index in [9.17, 15) is 0 Å². The summed E-state index contributed by atoms with van der Waals surface area (Å²) in [7, 11) is 0. The molecule has 0 spiro atoms. The molecule has 0 aromatic heterocycles. The van der Waals surface area contributed by atoms with E-state index in [1.807, 2.05) is 37.3 Å². The third kappa shape index (κ3) is 3.85. The first kappa shape index (κ1) is 15.1. The van der Waals surface area contributed by atoms with Crippen molar-refractivity contribution in [2.75, 3.05) is 0 Å². The Morgan fingerprint density at radius 1 is 1.11 bits per heavy atom. The van der Waals surface area contributed by atoms with E-state index in [-0.39, 0.29) is 6.04 Å². The maximum absolute atomic E-state index is 6.23. The minimum atomic E-state index is -0.102. The van der Waals surface area contributed by atoms with Crippen LogP contribution in [0.15, 0.2) is 36.4 Å². The first-order valence-electron chi connectivity index (χ1n) is 5.93. The standard InChI is InChI=1S/C15H14Cl2IN/c1-9-2-3-10(12(16)6-9)8-15(19)11-4-5-14(18)13(17)7-11/h2-7,15H,8,19H2,1H3. The molecule has 0 heterocycles. The smallest absolute Gasteiger partial charge is 0.0542 e. The Morgan fingerprint density at radius 3 is 2.47 bits per heavy atom. The van der Waals surface area contributed by atoms with Crippen molar-refractivity contribution in [2.45, 2.75) is 19.4 Å². The third-order valence-corrected chi connectivity index (χ3v) is 4.94. The lowest BCUT2D eigenvalue weighted by atomic mass is 9.99. The lowest BCUT2D eigenvalue weighted by Gasteiger charge is -2.14. The topological polar surface area (TPSA) is 26.0 Å². The number of nitrogens with two attached hydrogens (primary N) is 1. The van der Waals surface area contributed by atoms with Gasteiger partial charge in [0.25, 0.3) is 0 Å². The Morgan fingerprint density at radius 2 is 1.84 bits per heavy atom. The van der Waals surface area contributed by atoms with Crippen LogP contribution < -0.4 is 5.73 Å². The third-order valence-electron chi connectivity index (χ3n) is 3.02. The van der Waals surface area contributed by atoms with Crippen LogP contribution in [0.3, 0.4) is 0 Å². The molecule has 2 aromatic carbocycles. The first-order valence-corrected chi connectivity index (χ1v) is 7.76. The summed E-state index contributed by atoms with van der Waals surface area (Å²) in [4.78, 5) is 0. The molecule has 0 radical (unpaired) electrons. The van der Waals surface area contributed by atoms with Crippen LogP contribution in [0.25, 0.3) is 0 Å². The maximum atomic E-state index is 6.23. The van der Waals surface area contributed by atoms with Gasteiger partial charge in [0.05, 0.1) is 5.02 Å². The molecule has 2 N–H and O–H groups in total. The van der Waals surface area contributed by atoms with Gasteiger partial charge in [0.1, 0.15) is 0 Å². The molecule has 19 heavy (non-hydrogen) atoms. The second kappa shape index (κ2) is 6.44. The number of halogens is 3. The van der Waals surface area contributed by atoms with E-state index in [1.54, 1.807) is 0 Å². The van der Waals surface area contributed by atoms with E-state index < -0.39 is 0 Å². The minimum absolute atomic E-state index is 0.102. The van der Waals surface area contributed by atoms with Crippen molar-refractivity contribution < 1.29 is 0 Å². The lowest BCUT2D eigenvalue weighted by molar-refractivity contribution is 0.722. The number of hydrogen-bond donors (Lipinski definition) is 1. The molecule has 0 amide bonds. The van der Waals surface area contributed by atoms with Gasteiger partial charge < -0.3 is 5.73 Å². The molecule has 1 nitrogen and oxygen atoms in total. The molecular formula is C15H14Cl2IN. The molecule has 0 fully saturated rings. The van der Waals surface area contributed by atoms with E-state index in [4.69, 9.17) is 28.9 Å². The largest absolute Gasteiger partial charge is 0.324 e. The fourth-order valence-corrected chi connectivity index (χ4v) is 2.75. The summed E-state index contributed by atoms with van der Waals surface area (Å²) in [6.45, 7) is 2.02. The Balaban J connectivity index is 2.20. The summed E-state index contributed by atoms with van der Waals surface area (Å²) in [5.74, 6) is 0. The van der Waals surface area contributed by atoms with Gasteiger partial charge in [-0.25, -0.2) is 0 Å². The van der Waals surface area contributed by atoms with Gasteiger partial charge in [-0.1, -0.05) is 41.4 Å². The molecular weight excluding hydrogens is 392 g/mol.